The van der Waals surface area contributed by atoms with Gasteiger partial charge in [0, 0.05) is 24.5 Å². The molecule has 1 aromatic heterocycles. The van der Waals surface area contributed by atoms with Crippen molar-refractivity contribution in [1.29, 1.82) is 0 Å². The molecule has 1 saturated carbocycles. The van der Waals surface area contributed by atoms with E-state index in [4.69, 9.17) is 4.98 Å². The third-order valence-electron chi connectivity index (χ3n) is 3.62. The summed E-state index contributed by atoms with van der Waals surface area (Å²) >= 11 is 1.89. The highest BCUT2D eigenvalue weighted by molar-refractivity contribution is 7.15. The summed E-state index contributed by atoms with van der Waals surface area (Å²) in [5, 5.41) is 4.68. The third-order valence-corrected chi connectivity index (χ3v) is 4.78. The van der Waals surface area contributed by atoms with E-state index in [2.05, 4.69) is 31.0 Å². The first-order valence-corrected chi connectivity index (χ1v) is 8.54. The summed E-state index contributed by atoms with van der Waals surface area (Å²) in [6, 6.07) is 0. The molecule has 1 aliphatic rings. The number of aromatic nitrogens is 1. The molecule has 0 aromatic carbocycles. The van der Waals surface area contributed by atoms with Gasteiger partial charge in [-0.2, -0.15) is 0 Å². The number of hydrogen-bond acceptors (Lipinski definition) is 4. The molecule has 19 heavy (non-hydrogen) atoms. The minimum Gasteiger partial charge on any atom is -0.348 e. The first-order chi connectivity index (χ1) is 9.28. The maximum Gasteiger partial charge on any atom is 0.185 e. The van der Waals surface area contributed by atoms with Crippen molar-refractivity contribution >= 4 is 16.5 Å². The Bertz CT molecular complexity index is 385. The van der Waals surface area contributed by atoms with Gasteiger partial charge in [0.25, 0.3) is 0 Å². The number of rotatable bonds is 9. The third kappa shape index (κ3) is 4.18. The summed E-state index contributed by atoms with van der Waals surface area (Å²) in [6.45, 7) is 10.9. The highest BCUT2D eigenvalue weighted by Crippen LogP contribution is 2.33. The molecule has 0 amide bonds. The van der Waals surface area contributed by atoms with E-state index in [0.29, 0.717) is 0 Å². The fourth-order valence-corrected chi connectivity index (χ4v) is 3.42. The molecule has 0 bridgehead atoms. The zero-order valence-electron chi connectivity index (χ0n) is 12.5. The Kier molecular flexibility index (Phi) is 5.64. The maximum absolute atomic E-state index is 4.91. The van der Waals surface area contributed by atoms with Crippen molar-refractivity contribution in [2.45, 2.75) is 53.0 Å². The van der Waals surface area contributed by atoms with Crippen LogP contribution in [0.3, 0.4) is 0 Å². The highest BCUT2D eigenvalue weighted by atomic mass is 32.1. The van der Waals surface area contributed by atoms with Gasteiger partial charge in [-0.05, 0) is 38.6 Å². The van der Waals surface area contributed by atoms with Crippen molar-refractivity contribution in [1.82, 2.24) is 10.3 Å². The summed E-state index contributed by atoms with van der Waals surface area (Å²) in [5.41, 5.74) is 1.32. The predicted octanol–water partition coefficient (Wildman–Crippen LogP) is 3.44. The van der Waals surface area contributed by atoms with Crippen LogP contribution in [0.1, 0.15) is 50.6 Å². The first kappa shape index (κ1) is 14.8. The Labute approximate surface area is 121 Å². The van der Waals surface area contributed by atoms with E-state index in [1.807, 2.05) is 11.3 Å². The fraction of sp³-hybridized carbons (Fsp3) is 0.800. The number of nitrogens with zero attached hydrogens (tertiary/aromatic N) is 2. The highest BCUT2D eigenvalue weighted by Gasteiger charge is 2.25. The monoisotopic (exact) mass is 281 g/mol. The van der Waals surface area contributed by atoms with E-state index >= 15 is 0 Å². The van der Waals surface area contributed by atoms with E-state index in [1.165, 1.54) is 41.5 Å². The molecular formula is C15H27N3S. The standard InChI is InChI=1S/C15H27N3S/c1-4-7-13-14(10-16-5-2)19-15(17-13)18(6-3)11-12-8-9-12/h12,16H,4-11H2,1-3H3. The smallest absolute Gasteiger partial charge is 0.185 e. The zero-order valence-corrected chi connectivity index (χ0v) is 13.4. The molecule has 1 aliphatic carbocycles. The minimum absolute atomic E-state index is 0.927. The quantitative estimate of drug-likeness (QED) is 0.751. The van der Waals surface area contributed by atoms with E-state index < -0.39 is 0 Å². The molecule has 0 radical (unpaired) electrons. The lowest BCUT2D eigenvalue weighted by molar-refractivity contribution is 0.720. The molecule has 0 atom stereocenters. The van der Waals surface area contributed by atoms with Crippen molar-refractivity contribution in [3.05, 3.63) is 10.6 Å². The predicted molar refractivity (Wildman–Crippen MR) is 84.1 cm³/mol. The summed E-state index contributed by atoms with van der Waals surface area (Å²) in [5.74, 6) is 0.927. The van der Waals surface area contributed by atoms with Crippen LogP contribution in [0.4, 0.5) is 5.13 Å². The molecule has 0 spiro atoms. The van der Waals surface area contributed by atoms with Gasteiger partial charge in [0.15, 0.2) is 5.13 Å². The van der Waals surface area contributed by atoms with Gasteiger partial charge in [-0.15, -0.1) is 11.3 Å². The number of nitrogens with one attached hydrogen (secondary N) is 1. The van der Waals surface area contributed by atoms with Crippen molar-refractivity contribution < 1.29 is 0 Å². The summed E-state index contributed by atoms with van der Waals surface area (Å²) < 4.78 is 0. The van der Waals surface area contributed by atoms with Crippen LogP contribution < -0.4 is 10.2 Å². The Morgan fingerprint density at radius 3 is 2.68 bits per heavy atom. The van der Waals surface area contributed by atoms with Gasteiger partial charge in [0.05, 0.1) is 5.69 Å². The van der Waals surface area contributed by atoms with Crippen LogP contribution >= 0.6 is 11.3 Å². The largest absolute Gasteiger partial charge is 0.348 e. The van der Waals surface area contributed by atoms with Gasteiger partial charge in [-0.25, -0.2) is 4.98 Å². The lowest BCUT2D eigenvalue weighted by atomic mass is 10.2. The molecule has 4 heteroatoms. The van der Waals surface area contributed by atoms with Gasteiger partial charge in [0.2, 0.25) is 0 Å². The van der Waals surface area contributed by atoms with Gasteiger partial charge in [0.1, 0.15) is 0 Å². The Balaban J connectivity index is 2.09. The van der Waals surface area contributed by atoms with Crippen molar-refractivity contribution in [3.8, 4) is 0 Å². The summed E-state index contributed by atoms with van der Waals surface area (Å²) in [7, 11) is 0. The normalized spacial score (nSPS) is 14.9. The molecule has 1 fully saturated rings. The fourth-order valence-electron chi connectivity index (χ4n) is 2.27. The molecule has 1 N–H and O–H groups in total. The van der Waals surface area contributed by atoms with E-state index in [-0.39, 0.29) is 0 Å². The average Bonchev–Trinajstić information content (AvgIpc) is 3.15. The van der Waals surface area contributed by atoms with Gasteiger partial charge < -0.3 is 10.2 Å². The second-order valence-electron chi connectivity index (χ2n) is 5.38. The molecule has 0 unspecified atom stereocenters. The van der Waals surface area contributed by atoms with Crippen LogP contribution in [0.15, 0.2) is 0 Å². The lowest BCUT2D eigenvalue weighted by Gasteiger charge is -2.19. The number of anilines is 1. The molecule has 1 aromatic rings. The second kappa shape index (κ2) is 7.25. The van der Waals surface area contributed by atoms with Crippen LogP contribution in [0.2, 0.25) is 0 Å². The summed E-state index contributed by atoms with van der Waals surface area (Å²) in [6.07, 6.45) is 5.11. The Morgan fingerprint density at radius 1 is 1.32 bits per heavy atom. The lowest BCUT2D eigenvalue weighted by Crippen LogP contribution is -2.24. The van der Waals surface area contributed by atoms with E-state index in [9.17, 15) is 0 Å². The second-order valence-corrected chi connectivity index (χ2v) is 6.44. The van der Waals surface area contributed by atoms with E-state index in [0.717, 1.165) is 32.0 Å². The SMILES string of the molecule is CCCc1nc(N(CC)CC2CC2)sc1CNCC. The van der Waals surface area contributed by atoms with Crippen LogP contribution in [0.25, 0.3) is 0 Å². The molecule has 0 aliphatic heterocycles. The Morgan fingerprint density at radius 2 is 2.11 bits per heavy atom. The van der Waals surface area contributed by atoms with Gasteiger partial charge in [-0.3, -0.25) is 0 Å². The van der Waals surface area contributed by atoms with Crippen LogP contribution in [0, 0.1) is 5.92 Å². The summed E-state index contributed by atoms with van der Waals surface area (Å²) in [4.78, 5) is 8.82. The van der Waals surface area contributed by atoms with Crippen LogP contribution in [-0.2, 0) is 13.0 Å². The topological polar surface area (TPSA) is 28.2 Å². The number of thiazole rings is 1. The number of hydrogen-bond donors (Lipinski definition) is 1. The maximum atomic E-state index is 4.91. The van der Waals surface area contributed by atoms with Crippen molar-refractivity contribution in [2.24, 2.45) is 5.92 Å². The zero-order chi connectivity index (χ0) is 13.7. The van der Waals surface area contributed by atoms with Gasteiger partial charge >= 0.3 is 0 Å². The van der Waals surface area contributed by atoms with Crippen LogP contribution in [-0.4, -0.2) is 24.6 Å². The molecule has 2 rings (SSSR count). The van der Waals surface area contributed by atoms with Crippen molar-refractivity contribution in [3.63, 3.8) is 0 Å². The van der Waals surface area contributed by atoms with Crippen LogP contribution in [0.5, 0.6) is 0 Å². The Hall–Kier alpha value is -0.610. The van der Waals surface area contributed by atoms with Gasteiger partial charge in [-0.1, -0.05) is 20.3 Å². The molecule has 1 heterocycles. The van der Waals surface area contributed by atoms with Crippen molar-refractivity contribution in [2.75, 3.05) is 24.5 Å². The number of aryl methyl sites for hydroxylation is 1. The molecule has 108 valence electrons. The molecule has 3 nitrogen and oxygen atoms in total. The molecule has 0 saturated heterocycles. The first-order valence-electron chi connectivity index (χ1n) is 7.72. The van der Waals surface area contributed by atoms with E-state index in [1.54, 1.807) is 0 Å². The molecular weight excluding hydrogens is 254 g/mol. The minimum atomic E-state index is 0.927. The average molecular weight is 281 g/mol.